The lowest BCUT2D eigenvalue weighted by molar-refractivity contribution is 0.228. The second-order valence-corrected chi connectivity index (χ2v) is 5.31. The van der Waals surface area contributed by atoms with Gasteiger partial charge in [-0.15, -0.1) is 0 Å². The van der Waals surface area contributed by atoms with Gasteiger partial charge >= 0.3 is 0 Å². The Morgan fingerprint density at radius 2 is 2.26 bits per heavy atom. The van der Waals surface area contributed by atoms with Crippen LogP contribution in [0.15, 0.2) is 24.3 Å². The third kappa shape index (κ3) is 3.06. The van der Waals surface area contributed by atoms with Crippen LogP contribution in [0.2, 0.25) is 0 Å². The molecular weight excluding hydrogens is 238 g/mol. The second kappa shape index (κ2) is 6.05. The third-order valence-corrected chi connectivity index (χ3v) is 3.80. The molecule has 1 aromatic carbocycles. The summed E-state index contributed by atoms with van der Waals surface area (Å²) in [5.74, 6) is 0. The molecule has 4 heteroatoms. The van der Waals surface area contributed by atoms with Crippen LogP contribution in [0.25, 0.3) is 0 Å². The molecule has 1 aliphatic rings. The number of aliphatic hydroxyl groups excluding tert-OH is 1. The van der Waals surface area contributed by atoms with Crippen LogP contribution in [0.4, 0.5) is 5.69 Å². The van der Waals surface area contributed by atoms with Crippen molar-refractivity contribution in [1.29, 1.82) is 5.26 Å². The topological polar surface area (TPSA) is 50.5 Å². The molecule has 0 saturated carbocycles. The monoisotopic (exact) mass is 259 g/mol. The van der Waals surface area contributed by atoms with Crippen molar-refractivity contribution >= 4 is 5.69 Å². The van der Waals surface area contributed by atoms with Crippen molar-refractivity contribution < 1.29 is 5.11 Å². The summed E-state index contributed by atoms with van der Waals surface area (Å²) in [7, 11) is 2.09. The van der Waals surface area contributed by atoms with E-state index >= 15 is 0 Å². The second-order valence-electron chi connectivity index (χ2n) is 5.31. The van der Waals surface area contributed by atoms with Crippen LogP contribution in [0.1, 0.15) is 18.9 Å². The summed E-state index contributed by atoms with van der Waals surface area (Å²) >= 11 is 0. The number of anilines is 1. The molecule has 0 spiro atoms. The Labute approximate surface area is 114 Å². The van der Waals surface area contributed by atoms with Gasteiger partial charge in [0, 0.05) is 18.3 Å². The highest BCUT2D eigenvalue weighted by Gasteiger charge is 2.28. The van der Waals surface area contributed by atoms with Gasteiger partial charge in [0.2, 0.25) is 0 Å². The van der Waals surface area contributed by atoms with Gasteiger partial charge in [-0.3, -0.25) is 0 Å². The van der Waals surface area contributed by atoms with Crippen molar-refractivity contribution in [1.82, 2.24) is 4.90 Å². The van der Waals surface area contributed by atoms with E-state index in [9.17, 15) is 5.11 Å². The number of aliphatic hydroxyl groups is 1. The fourth-order valence-electron chi connectivity index (χ4n) is 2.79. The lowest BCUT2D eigenvalue weighted by Crippen LogP contribution is -2.46. The van der Waals surface area contributed by atoms with E-state index in [0.29, 0.717) is 11.6 Å². The minimum atomic E-state index is 0.0800. The standard InChI is InChI=1S/C15H21N3O/c1-12-6-7-17(2)10-15(11-19)18(12)14-5-3-4-13(8-14)9-16/h3-5,8,12,15,19H,6-7,10-11H2,1-2H3. The number of nitrogens with zero attached hydrogens (tertiary/aromatic N) is 3. The molecule has 1 saturated heterocycles. The molecule has 0 aliphatic carbocycles. The molecule has 1 aliphatic heterocycles. The summed E-state index contributed by atoms with van der Waals surface area (Å²) in [6, 6.07) is 10.3. The fourth-order valence-corrected chi connectivity index (χ4v) is 2.79. The zero-order valence-corrected chi connectivity index (χ0v) is 11.6. The maximum Gasteiger partial charge on any atom is 0.0992 e. The van der Waals surface area contributed by atoms with Crippen molar-refractivity contribution in [3.05, 3.63) is 29.8 Å². The first-order valence-electron chi connectivity index (χ1n) is 6.73. The number of rotatable bonds is 2. The first-order valence-corrected chi connectivity index (χ1v) is 6.73. The van der Waals surface area contributed by atoms with E-state index in [2.05, 4.69) is 29.8 Å². The van der Waals surface area contributed by atoms with E-state index in [-0.39, 0.29) is 12.6 Å². The molecule has 4 nitrogen and oxygen atoms in total. The molecule has 0 radical (unpaired) electrons. The van der Waals surface area contributed by atoms with E-state index in [0.717, 1.165) is 25.2 Å². The summed E-state index contributed by atoms with van der Waals surface area (Å²) in [4.78, 5) is 4.51. The molecule has 2 rings (SSSR count). The number of nitriles is 1. The van der Waals surface area contributed by atoms with Gasteiger partial charge in [0.15, 0.2) is 0 Å². The Morgan fingerprint density at radius 3 is 2.95 bits per heavy atom. The van der Waals surface area contributed by atoms with Crippen LogP contribution < -0.4 is 4.90 Å². The Kier molecular flexibility index (Phi) is 4.41. The van der Waals surface area contributed by atoms with Gasteiger partial charge in [0.25, 0.3) is 0 Å². The minimum absolute atomic E-state index is 0.0800. The molecule has 102 valence electrons. The zero-order valence-electron chi connectivity index (χ0n) is 11.6. The molecule has 0 bridgehead atoms. The van der Waals surface area contributed by atoms with Crippen molar-refractivity contribution in [3.8, 4) is 6.07 Å². The average Bonchev–Trinajstić information content (AvgIpc) is 2.58. The van der Waals surface area contributed by atoms with Crippen LogP contribution in [0.3, 0.4) is 0 Å². The van der Waals surface area contributed by atoms with Crippen LogP contribution in [-0.4, -0.2) is 48.8 Å². The van der Waals surface area contributed by atoms with Gasteiger partial charge in [0.1, 0.15) is 0 Å². The van der Waals surface area contributed by atoms with Crippen molar-refractivity contribution in [3.63, 3.8) is 0 Å². The quantitative estimate of drug-likeness (QED) is 0.873. The third-order valence-electron chi connectivity index (χ3n) is 3.80. The van der Waals surface area contributed by atoms with Gasteiger partial charge in [-0.25, -0.2) is 0 Å². The van der Waals surface area contributed by atoms with Gasteiger partial charge in [-0.2, -0.15) is 5.26 Å². The van der Waals surface area contributed by atoms with Gasteiger partial charge in [-0.1, -0.05) is 6.07 Å². The fraction of sp³-hybridized carbons (Fsp3) is 0.533. The molecular formula is C15H21N3O. The normalized spacial score (nSPS) is 24.8. The smallest absolute Gasteiger partial charge is 0.0992 e. The van der Waals surface area contributed by atoms with E-state index in [1.165, 1.54) is 0 Å². The van der Waals surface area contributed by atoms with Gasteiger partial charge < -0.3 is 14.9 Å². The summed E-state index contributed by atoms with van der Waals surface area (Å²) in [5, 5.41) is 18.7. The number of hydrogen-bond acceptors (Lipinski definition) is 4. The maximum absolute atomic E-state index is 9.68. The largest absolute Gasteiger partial charge is 0.394 e. The van der Waals surface area contributed by atoms with Crippen molar-refractivity contribution in [2.75, 3.05) is 31.6 Å². The highest BCUT2D eigenvalue weighted by Crippen LogP contribution is 2.25. The molecule has 0 aromatic heterocycles. The predicted molar refractivity (Wildman–Crippen MR) is 76.1 cm³/mol. The molecule has 1 heterocycles. The Bertz CT molecular complexity index is 469. The summed E-state index contributed by atoms with van der Waals surface area (Å²) < 4.78 is 0. The average molecular weight is 259 g/mol. The molecule has 1 aromatic rings. The first-order chi connectivity index (χ1) is 9.15. The molecule has 0 amide bonds. The van der Waals surface area contributed by atoms with Crippen LogP contribution in [-0.2, 0) is 0 Å². The Morgan fingerprint density at radius 1 is 1.47 bits per heavy atom. The molecule has 19 heavy (non-hydrogen) atoms. The lowest BCUT2D eigenvalue weighted by Gasteiger charge is -2.36. The first kappa shape index (κ1) is 13.9. The Hall–Kier alpha value is -1.57. The number of benzene rings is 1. The van der Waals surface area contributed by atoms with Crippen LogP contribution >= 0.6 is 0 Å². The van der Waals surface area contributed by atoms with E-state index in [4.69, 9.17) is 5.26 Å². The van der Waals surface area contributed by atoms with E-state index < -0.39 is 0 Å². The number of likely N-dealkylation sites (N-methyl/N-ethyl adjacent to an activating group) is 1. The molecule has 2 atom stereocenters. The van der Waals surface area contributed by atoms with Gasteiger partial charge in [-0.05, 0) is 45.1 Å². The van der Waals surface area contributed by atoms with E-state index in [1.54, 1.807) is 0 Å². The SMILES string of the molecule is CC1CCN(C)CC(CO)N1c1cccc(C#N)c1. The zero-order chi connectivity index (χ0) is 13.8. The number of hydrogen-bond donors (Lipinski definition) is 1. The lowest BCUT2D eigenvalue weighted by atomic mass is 10.1. The van der Waals surface area contributed by atoms with Crippen LogP contribution in [0.5, 0.6) is 0 Å². The van der Waals surface area contributed by atoms with Crippen LogP contribution in [0, 0.1) is 11.3 Å². The molecule has 1 N–H and O–H groups in total. The Balaban J connectivity index is 2.34. The highest BCUT2D eigenvalue weighted by molar-refractivity contribution is 5.53. The minimum Gasteiger partial charge on any atom is -0.394 e. The molecule has 2 unspecified atom stereocenters. The highest BCUT2D eigenvalue weighted by atomic mass is 16.3. The van der Waals surface area contributed by atoms with E-state index in [1.807, 2.05) is 24.3 Å². The van der Waals surface area contributed by atoms with Crippen molar-refractivity contribution in [2.45, 2.75) is 25.4 Å². The summed E-state index contributed by atoms with van der Waals surface area (Å²) in [6.07, 6.45) is 1.06. The van der Waals surface area contributed by atoms with Gasteiger partial charge in [0.05, 0.1) is 24.3 Å². The maximum atomic E-state index is 9.68. The predicted octanol–water partition coefficient (Wildman–Crippen LogP) is 1.45. The summed E-state index contributed by atoms with van der Waals surface area (Å²) in [6.45, 7) is 4.19. The van der Waals surface area contributed by atoms with Crippen molar-refractivity contribution in [2.24, 2.45) is 0 Å². The summed E-state index contributed by atoms with van der Waals surface area (Å²) in [5.41, 5.74) is 1.69. The molecule has 1 fully saturated rings.